The number of anilines is 1. The molecule has 2 aromatic carbocycles. The van der Waals surface area contributed by atoms with Crippen molar-refractivity contribution in [2.45, 2.75) is 19.3 Å². The van der Waals surface area contributed by atoms with Gasteiger partial charge in [0.1, 0.15) is 0 Å². The van der Waals surface area contributed by atoms with Crippen LogP contribution < -0.4 is 14.4 Å². The fourth-order valence-corrected chi connectivity index (χ4v) is 3.83. The number of carbonyl (C=O) groups excluding carboxylic acids is 1. The van der Waals surface area contributed by atoms with Gasteiger partial charge < -0.3 is 18.9 Å². The highest BCUT2D eigenvalue weighted by molar-refractivity contribution is 6.34. The maximum atomic E-state index is 12.5. The van der Waals surface area contributed by atoms with Gasteiger partial charge in [-0.2, -0.15) is 4.98 Å². The van der Waals surface area contributed by atoms with Crippen molar-refractivity contribution in [3.8, 4) is 22.9 Å². The summed E-state index contributed by atoms with van der Waals surface area (Å²) in [5, 5.41) is 4.63. The number of aromatic nitrogens is 2. The third-order valence-electron chi connectivity index (χ3n) is 4.94. The second-order valence-corrected chi connectivity index (χ2v) is 7.29. The topological polar surface area (TPSA) is 77.7 Å². The molecule has 5 rings (SSSR count). The lowest BCUT2D eigenvalue weighted by molar-refractivity contribution is -0.117. The first kappa shape index (κ1) is 17.1. The van der Waals surface area contributed by atoms with Crippen LogP contribution in [-0.2, 0) is 4.79 Å². The van der Waals surface area contributed by atoms with Gasteiger partial charge in [0.2, 0.25) is 24.4 Å². The van der Waals surface area contributed by atoms with Gasteiger partial charge in [-0.15, -0.1) is 0 Å². The van der Waals surface area contributed by atoms with Crippen LogP contribution in [0.2, 0.25) is 5.02 Å². The SMILES string of the molecule is Cc1ccc(N2CC(c3nc(-c4ccc5c(c4)OCO5)no3)CC2=O)c(Cl)c1. The van der Waals surface area contributed by atoms with E-state index < -0.39 is 0 Å². The van der Waals surface area contributed by atoms with Gasteiger partial charge in [0.15, 0.2) is 11.5 Å². The summed E-state index contributed by atoms with van der Waals surface area (Å²) < 4.78 is 16.2. The minimum atomic E-state index is -0.180. The lowest BCUT2D eigenvalue weighted by atomic mass is 10.1. The Morgan fingerprint density at radius 3 is 2.86 bits per heavy atom. The number of carbonyl (C=O) groups is 1. The Bertz CT molecular complexity index is 1080. The Balaban J connectivity index is 1.38. The Labute approximate surface area is 165 Å². The minimum Gasteiger partial charge on any atom is -0.454 e. The van der Waals surface area contributed by atoms with Gasteiger partial charge in [0.05, 0.1) is 16.6 Å². The van der Waals surface area contributed by atoms with Gasteiger partial charge in [-0.05, 0) is 42.8 Å². The molecule has 1 saturated heterocycles. The Kier molecular flexibility index (Phi) is 3.98. The summed E-state index contributed by atoms with van der Waals surface area (Å²) in [6, 6.07) is 11.1. The zero-order valence-corrected chi connectivity index (χ0v) is 15.8. The number of hydrogen-bond donors (Lipinski definition) is 0. The van der Waals surface area contributed by atoms with Crippen molar-refractivity contribution in [2.75, 3.05) is 18.2 Å². The normalized spacial score (nSPS) is 18.1. The third kappa shape index (κ3) is 2.88. The average Bonchev–Trinajstić information content (AvgIpc) is 3.40. The van der Waals surface area contributed by atoms with Crippen LogP contribution in [-0.4, -0.2) is 29.4 Å². The van der Waals surface area contributed by atoms with Crippen LogP contribution in [0, 0.1) is 6.92 Å². The van der Waals surface area contributed by atoms with Gasteiger partial charge in [-0.25, -0.2) is 0 Å². The van der Waals surface area contributed by atoms with Crippen LogP contribution in [0.1, 0.15) is 23.8 Å². The number of rotatable bonds is 3. The largest absolute Gasteiger partial charge is 0.454 e. The summed E-state index contributed by atoms with van der Waals surface area (Å²) in [5.74, 6) is 2.04. The first-order chi connectivity index (χ1) is 13.6. The number of ether oxygens (including phenoxy) is 2. The Hall–Kier alpha value is -3.06. The van der Waals surface area contributed by atoms with E-state index in [1.165, 1.54) is 0 Å². The predicted molar refractivity (Wildman–Crippen MR) is 102 cm³/mol. The second kappa shape index (κ2) is 6.53. The summed E-state index contributed by atoms with van der Waals surface area (Å²) in [4.78, 5) is 18.7. The quantitative estimate of drug-likeness (QED) is 0.666. The molecular weight excluding hydrogens is 382 g/mol. The number of aryl methyl sites for hydroxylation is 1. The maximum absolute atomic E-state index is 12.5. The standard InChI is InChI=1S/C20H16ClN3O4/c1-11-2-4-15(14(21)6-11)24-9-13(8-18(24)25)20-22-19(23-28-20)12-3-5-16-17(7-12)27-10-26-16/h2-7,13H,8-10H2,1H3. The minimum absolute atomic E-state index is 0.0152. The fraction of sp³-hybridized carbons (Fsp3) is 0.250. The monoisotopic (exact) mass is 397 g/mol. The number of halogens is 1. The first-order valence-corrected chi connectivity index (χ1v) is 9.26. The van der Waals surface area contributed by atoms with Crippen LogP contribution >= 0.6 is 11.6 Å². The highest BCUT2D eigenvalue weighted by Gasteiger charge is 2.36. The highest BCUT2D eigenvalue weighted by atomic mass is 35.5. The van der Waals surface area contributed by atoms with Crippen molar-refractivity contribution < 1.29 is 18.8 Å². The molecule has 0 bridgehead atoms. The van der Waals surface area contributed by atoms with E-state index in [9.17, 15) is 4.79 Å². The first-order valence-electron chi connectivity index (χ1n) is 8.88. The van der Waals surface area contributed by atoms with Crippen molar-refractivity contribution in [1.29, 1.82) is 0 Å². The number of nitrogens with zero attached hydrogens (tertiary/aromatic N) is 3. The molecule has 0 aliphatic carbocycles. The molecule has 1 fully saturated rings. The van der Waals surface area contributed by atoms with Crippen LogP contribution in [0.5, 0.6) is 11.5 Å². The number of hydrogen-bond acceptors (Lipinski definition) is 6. The summed E-state index contributed by atoms with van der Waals surface area (Å²) in [5.41, 5.74) is 2.51. The van der Waals surface area contributed by atoms with Crippen molar-refractivity contribution in [3.05, 3.63) is 52.9 Å². The molecule has 0 spiro atoms. The van der Waals surface area contributed by atoms with Gasteiger partial charge in [-0.1, -0.05) is 22.8 Å². The molecule has 2 aliphatic rings. The molecule has 1 aromatic heterocycles. The lowest BCUT2D eigenvalue weighted by Gasteiger charge is -2.18. The molecule has 142 valence electrons. The molecule has 3 aromatic rings. The molecule has 0 radical (unpaired) electrons. The van der Waals surface area contributed by atoms with E-state index in [4.69, 9.17) is 25.6 Å². The smallest absolute Gasteiger partial charge is 0.232 e. The van der Waals surface area contributed by atoms with Gasteiger partial charge in [0, 0.05) is 18.5 Å². The summed E-state index contributed by atoms with van der Waals surface area (Å²) in [7, 11) is 0. The van der Waals surface area contributed by atoms with Gasteiger partial charge in [0.25, 0.3) is 0 Å². The van der Waals surface area contributed by atoms with Gasteiger partial charge >= 0.3 is 0 Å². The van der Waals surface area contributed by atoms with E-state index in [1.54, 1.807) is 4.90 Å². The molecule has 8 heteroatoms. The number of benzene rings is 2. The Morgan fingerprint density at radius 2 is 2.00 bits per heavy atom. The third-order valence-corrected chi connectivity index (χ3v) is 5.24. The summed E-state index contributed by atoms with van der Waals surface area (Å²) in [6.07, 6.45) is 0.299. The fourth-order valence-electron chi connectivity index (χ4n) is 3.49. The Morgan fingerprint density at radius 1 is 1.14 bits per heavy atom. The van der Waals surface area contributed by atoms with E-state index >= 15 is 0 Å². The average molecular weight is 398 g/mol. The van der Waals surface area contributed by atoms with E-state index in [0.29, 0.717) is 46.9 Å². The predicted octanol–water partition coefficient (Wildman–Crippen LogP) is 3.95. The zero-order chi connectivity index (χ0) is 19.3. The molecule has 1 unspecified atom stereocenters. The molecule has 7 nitrogen and oxygen atoms in total. The van der Waals surface area contributed by atoms with Crippen molar-refractivity contribution in [2.24, 2.45) is 0 Å². The molecule has 0 saturated carbocycles. The summed E-state index contributed by atoms with van der Waals surface area (Å²) >= 11 is 6.33. The zero-order valence-electron chi connectivity index (χ0n) is 15.0. The molecule has 1 amide bonds. The number of amides is 1. The molecule has 1 atom stereocenters. The van der Waals surface area contributed by atoms with E-state index in [-0.39, 0.29) is 18.6 Å². The lowest BCUT2D eigenvalue weighted by Crippen LogP contribution is -2.24. The number of fused-ring (bicyclic) bond motifs is 1. The van der Waals surface area contributed by atoms with Crippen molar-refractivity contribution in [3.63, 3.8) is 0 Å². The van der Waals surface area contributed by atoms with E-state index in [2.05, 4.69) is 10.1 Å². The van der Waals surface area contributed by atoms with Crippen LogP contribution in [0.4, 0.5) is 5.69 Å². The molecular formula is C20H16ClN3O4. The van der Waals surface area contributed by atoms with E-state index in [0.717, 1.165) is 11.1 Å². The van der Waals surface area contributed by atoms with Crippen LogP contribution in [0.25, 0.3) is 11.4 Å². The van der Waals surface area contributed by atoms with Crippen LogP contribution in [0.3, 0.4) is 0 Å². The van der Waals surface area contributed by atoms with Crippen molar-refractivity contribution in [1.82, 2.24) is 10.1 Å². The molecule has 28 heavy (non-hydrogen) atoms. The van der Waals surface area contributed by atoms with E-state index in [1.807, 2.05) is 43.3 Å². The highest BCUT2D eigenvalue weighted by Crippen LogP contribution is 2.37. The molecule has 2 aliphatic heterocycles. The van der Waals surface area contributed by atoms with Crippen molar-refractivity contribution >= 4 is 23.2 Å². The van der Waals surface area contributed by atoms with Gasteiger partial charge in [-0.3, -0.25) is 4.79 Å². The molecule has 0 N–H and O–H groups in total. The second-order valence-electron chi connectivity index (χ2n) is 6.88. The summed E-state index contributed by atoms with van der Waals surface area (Å²) in [6.45, 7) is 2.61. The molecule has 3 heterocycles. The maximum Gasteiger partial charge on any atom is 0.232 e. The van der Waals surface area contributed by atoms with Crippen LogP contribution in [0.15, 0.2) is 40.9 Å².